The van der Waals surface area contributed by atoms with Crippen LogP contribution in [0.2, 0.25) is 0 Å². The van der Waals surface area contributed by atoms with Crippen molar-refractivity contribution in [3.63, 3.8) is 0 Å². The highest BCUT2D eigenvalue weighted by atomic mass is 32.2. The molecule has 0 bridgehead atoms. The topological polar surface area (TPSA) is 78.8 Å². The summed E-state index contributed by atoms with van der Waals surface area (Å²) in [6, 6.07) is 6.88. The Balaban J connectivity index is 1.34. The monoisotopic (exact) mass is 484 g/mol. The Kier molecular flexibility index (Phi) is 6.00. The van der Waals surface area contributed by atoms with Crippen LogP contribution in [0.5, 0.6) is 0 Å². The zero-order chi connectivity index (χ0) is 24.3. The van der Waals surface area contributed by atoms with Gasteiger partial charge in [-0.15, -0.1) is 0 Å². The standard InChI is InChI=1S/C28H40N2O3S/c1-18-5-8-22(9-6-18)34(32,33)30-29-19(2)24-11-12-25-23-10-7-20-17-21(31)13-15-27(20,3)26(23)14-16-28(24,25)4/h5-9,21,23-26,30-31H,10-17H2,1-4H3/b29-19+/t21-,23?,24+,25?,26?,27-,28+/m0/s1. The zero-order valence-electron chi connectivity index (χ0n) is 21.0. The summed E-state index contributed by atoms with van der Waals surface area (Å²) in [5.41, 5.74) is 3.86. The molecule has 6 heteroatoms. The summed E-state index contributed by atoms with van der Waals surface area (Å²) in [4.78, 5) is 2.77. The Morgan fingerprint density at radius 1 is 1.06 bits per heavy atom. The lowest BCUT2D eigenvalue weighted by Gasteiger charge is -2.58. The second kappa shape index (κ2) is 8.48. The van der Waals surface area contributed by atoms with Crippen LogP contribution in [0.1, 0.15) is 77.7 Å². The fourth-order valence-electron chi connectivity index (χ4n) is 8.31. The highest BCUT2D eigenvalue weighted by Crippen LogP contribution is 2.66. The van der Waals surface area contributed by atoms with Gasteiger partial charge in [0.05, 0.1) is 11.0 Å². The van der Waals surface area contributed by atoms with Gasteiger partial charge in [0.1, 0.15) is 0 Å². The molecule has 0 amide bonds. The van der Waals surface area contributed by atoms with E-state index in [9.17, 15) is 13.5 Å². The molecule has 5 nitrogen and oxygen atoms in total. The van der Waals surface area contributed by atoms with Crippen LogP contribution in [0.4, 0.5) is 0 Å². The first-order chi connectivity index (χ1) is 16.0. The molecule has 1 aromatic rings. The van der Waals surface area contributed by atoms with E-state index in [1.165, 1.54) is 24.8 Å². The normalized spacial score (nSPS) is 40.1. The third kappa shape index (κ3) is 3.85. The second-order valence-electron chi connectivity index (χ2n) is 12.0. The van der Waals surface area contributed by atoms with Crippen molar-refractivity contribution in [3.05, 3.63) is 41.5 Å². The van der Waals surface area contributed by atoms with Gasteiger partial charge in [-0.1, -0.05) is 43.2 Å². The first-order valence-electron chi connectivity index (χ1n) is 13.0. The Bertz CT molecular complexity index is 1110. The maximum atomic E-state index is 12.8. The van der Waals surface area contributed by atoms with Crippen molar-refractivity contribution in [3.8, 4) is 0 Å². The van der Waals surface area contributed by atoms with Gasteiger partial charge in [-0.3, -0.25) is 0 Å². The molecule has 0 aromatic heterocycles. The predicted octanol–water partition coefficient (Wildman–Crippen LogP) is 5.59. The van der Waals surface area contributed by atoms with Crippen LogP contribution < -0.4 is 4.83 Å². The molecule has 3 fully saturated rings. The number of nitrogens with one attached hydrogen (secondary N) is 1. The van der Waals surface area contributed by atoms with E-state index in [1.807, 2.05) is 26.0 Å². The zero-order valence-corrected chi connectivity index (χ0v) is 21.9. The maximum Gasteiger partial charge on any atom is 0.276 e. The molecule has 0 radical (unpaired) electrons. The number of aliphatic hydroxyl groups is 1. The molecule has 0 aliphatic heterocycles. The van der Waals surface area contributed by atoms with Gasteiger partial charge in [0.25, 0.3) is 10.0 Å². The molecule has 4 aliphatic rings. The van der Waals surface area contributed by atoms with E-state index in [0.29, 0.717) is 23.7 Å². The van der Waals surface area contributed by atoms with E-state index >= 15 is 0 Å². The number of benzene rings is 1. The highest BCUT2D eigenvalue weighted by Gasteiger charge is 2.59. The smallest absolute Gasteiger partial charge is 0.276 e. The van der Waals surface area contributed by atoms with Gasteiger partial charge in [0.2, 0.25) is 0 Å². The van der Waals surface area contributed by atoms with Crippen LogP contribution in [-0.4, -0.2) is 25.3 Å². The van der Waals surface area contributed by atoms with Crippen LogP contribution in [-0.2, 0) is 10.0 Å². The number of aryl methyl sites for hydroxylation is 1. The summed E-state index contributed by atoms with van der Waals surface area (Å²) in [5.74, 6) is 2.35. The number of hydrogen-bond donors (Lipinski definition) is 2. The average Bonchev–Trinajstić information content (AvgIpc) is 3.15. The Hall–Kier alpha value is -1.66. The lowest BCUT2D eigenvalue weighted by atomic mass is 9.47. The molecular weight excluding hydrogens is 444 g/mol. The molecule has 0 spiro atoms. The number of allylic oxidation sites excluding steroid dienone is 1. The molecule has 0 saturated heterocycles. The lowest BCUT2D eigenvalue weighted by molar-refractivity contribution is -0.0423. The molecular formula is C28H40N2O3S. The molecule has 2 N–H and O–H groups in total. The SMILES string of the molecule is C/C(=N\NS(=O)(=O)c1ccc(C)cc1)[C@H]1CCC2C3CC=C4C[C@@H](O)CC[C@]4(C)C3CC[C@@]21C. The molecule has 1 aromatic carbocycles. The number of fused-ring (bicyclic) bond motifs is 5. The van der Waals surface area contributed by atoms with E-state index in [0.717, 1.165) is 43.4 Å². The van der Waals surface area contributed by atoms with E-state index in [1.54, 1.807) is 12.1 Å². The lowest BCUT2D eigenvalue weighted by Crippen LogP contribution is -2.51. The average molecular weight is 485 g/mol. The first-order valence-corrected chi connectivity index (χ1v) is 14.5. The Labute approximate surface area is 205 Å². The largest absolute Gasteiger partial charge is 0.393 e. The second-order valence-corrected chi connectivity index (χ2v) is 13.7. The number of rotatable bonds is 4. The molecule has 186 valence electrons. The molecule has 5 rings (SSSR count). The number of aliphatic hydroxyl groups excluding tert-OH is 1. The van der Waals surface area contributed by atoms with Crippen molar-refractivity contribution in [2.75, 3.05) is 0 Å². The minimum absolute atomic E-state index is 0.164. The van der Waals surface area contributed by atoms with Gasteiger partial charge in [-0.05, 0) is 106 Å². The van der Waals surface area contributed by atoms with Crippen LogP contribution in [0.25, 0.3) is 0 Å². The third-order valence-electron chi connectivity index (χ3n) is 10.3. The molecule has 0 heterocycles. The van der Waals surface area contributed by atoms with Gasteiger partial charge in [0.15, 0.2) is 0 Å². The summed E-state index contributed by atoms with van der Waals surface area (Å²) in [7, 11) is -3.66. The molecule has 7 atom stereocenters. The van der Waals surface area contributed by atoms with Gasteiger partial charge in [-0.2, -0.15) is 13.5 Å². The molecule has 4 aliphatic carbocycles. The quantitative estimate of drug-likeness (QED) is 0.332. The van der Waals surface area contributed by atoms with Crippen molar-refractivity contribution < 1.29 is 13.5 Å². The highest BCUT2D eigenvalue weighted by molar-refractivity contribution is 7.89. The number of hydrogen-bond acceptors (Lipinski definition) is 4. The van der Waals surface area contributed by atoms with Gasteiger partial charge >= 0.3 is 0 Å². The van der Waals surface area contributed by atoms with Crippen LogP contribution in [0, 0.1) is 41.4 Å². The first kappa shape index (κ1) is 24.1. The number of hydrazone groups is 1. The van der Waals surface area contributed by atoms with Gasteiger partial charge in [-0.25, -0.2) is 4.83 Å². The van der Waals surface area contributed by atoms with Crippen LogP contribution in [0.15, 0.2) is 45.9 Å². The van der Waals surface area contributed by atoms with Gasteiger partial charge in [0, 0.05) is 11.6 Å². The molecule has 3 unspecified atom stereocenters. The van der Waals surface area contributed by atoms with Crippen molar-refractivity contribution in [1.82, 2.24) is 4.83 Å². The van der Waals surface area contributed by atoms with E-state index in [-0.39, 0.29) is 21.8 Å². The van der Waals surface area contributed by atoms with Crippen LogP contribution >= 0.6 is 0 Å². The van der Waals surface area contributed by atoms with E-state index in [4.69, 9.17) is 0 Å². The fraction of sp³-hybridized carbons (Fsp3) is 0.679. The predicted molar refractivity (Wildman–Crippen MR) is 136 cm³/mol. The van der Waals surface area contributed by atoms with Crippen molar-refractivity contribution in [1.29, 1.82) is 0 Å². The van der Waals surface area contributed by atoms with Gasteiger partial charge < -0.3 is 5.11 Å². The molecule has 3 saturated carbocycles. The summed E-state index contributed by atoms with van der Waals surface area (Å²) in [6.07, 6.45) is 11.0. The summed E-state index contributed by atoms with van der Waals surface area (Å²) in [5, 5.41) is 14.7. The maximum absolute atomic E-state index is 12.8. The number of sulfonamides is 1. The molecule has 34 heavy (non-hydrogen) atoms. The van der Waals surface area contributed by atoms with Crippen LogP contribution in [0.3, 0.4) is 0 Å². The van der Waals surface area contributed by atoms with E-state index in [2.05, 4.69) is 29.9 Å². The number of nitrogens with zero attached hydrogens (tertiary/aromatic N) is 1. The minimum Gasteiger partial charge on any atom is -0.393 e. The van der Waals surface area contributed by atoms with Crippen molar-refractivity contribution in [2.24, 2.45) is 39.6 Å². The Morgan fingerprint density at radius 3 is 2.53 bits per heavy atom. The summed E-state index contributed by atoms with van der Waals surface area (Å²) >= 11 is 0. The van der Waals surface area contributed by atoms with Crippen molar-refractivity contribution >= 4 is 15.7 Å². The summed E-state index contributed by atoms with van der Waals surface area (Å²) < 4.78 is 25.5. The minimum atomic E-state index is -3.66. The summed E-state index contributed by atoms with van der Waals surface area (Å²) in [6.45, 7) is 8.85. The van der Waals surface area contributed by atoms with Crippen molar-refractivity contribution in [2.45, 2.75) is 90.1 Å². The fourth-order valence-corrected chi connectivity index (χ4v) is 9.17. The Morgan fingerprint density at radius 2 is 1.79 bits per heavy atom. The van der Waals surface area contributed by atoms with E-state index < -0.39 is 10.0 Å². The third-order valence-corrected chi connectivity index (χ3v) is 11.5.